The Morgan fingerprint density at radius 1 is 1.37 bits per heavy atom. The SMILES string of the molecule is CCCNC(CCC(F)(F)F)c1ncc(Cl)cc1Cl. The van der Waals surface area contributed by atoms with Crippen LogP contribution in [0.5, 0.6) is 0 Å². The highest BCUT2D eigenvalue weighted by Gasteiger charge is 2.29. The average Bonchev–Trinajstić information content (AvgIpc) is 2.29. The van der Waals surface area contributed by atoms with Gasteiger partial charge in [-0.05, 0) is 25.5 Å². The van der Waals surface area contributed by atoms with Crippen LogP contribution in [0.4, 0.5) is 13.2 Å². The van der Waals surface area contributed by atoms with Crippen molar-refractivity contribution in [3.8, 4) is 0 Å². The predicted molar refractivity (Wildman–Crippen MR) is 70.6 cm³/mol. The standard InChI is InChI=1S/C12H15Cl2F3N2/c1-2-5-18-10(3-4-12(15,16)17)11-9(14)6-8(13)7-19-11/h6-7,10,18H,2-5H2,1H3. The van der Waals surface area contributed by atoms with Crippen LogP contribution < -0.4 is 5.32 Å². The molecule has 0 saturated heterocycles. The molecule has 0 saturated carbocycles. The summed E-state index contributed by atoms with van der Waals surface area (Å²) in [6, 6.07) is 0.964. The number of halogens is 5. The number of alkyl halides is 3. The van der Waals surface area contributed by atoms with Crippen molar-refractivity contribution in [3.05, 3.63) is 28.0 Å². The number of aromatic nitrogens is 1. The van der Waals surface area contributed by atoms with Gasteiger partial charge in [-0.3, -0.25) is 4.98 Å². The molecule has 0 bridgehead atoms. The molecule has 2 nitrogen and oxygen atoms in total. The Morgan fingerprint density at radius 2 is 2.05 bits per heavy atom. The van der Waals surface area contributed by atoms with E-state index in [-0.39, 0.29) is 11.4 Å². The van der Waals surface area contributed by atoms with Gasteiger partial charge >= 0.3 is 6.18 Å². The first kappa shape index (κ1) is 16.5. The van der Waals surface area contributed by atoms with E-state index in [1.165, 1.54) is 12.3 Å². The fraction of sp³-hybridized carbons (Fsp3) is 0.583. The van der Waals surface area contributed by atoms with Crippen LogP contribution in [0, 0.1) is 0 Å². The second-order valence-electron chi connectivity index (χ2n) is 4.18. The summed E-state index contributed by atoms with van der Waals surface area (Å²) in [5, 5.41) is 3.67. The van der Waals surface area contributed by atoms with E-state index in [1.54, 1.807) is 0 Å². The maximum atomic E-state index is 12.3. The van der Waals surface area contributed by atoms with E-state index in [2.05, 4.69) is 10.3 Å². The van der Waals surface area contributed by atoms with Gasteiger partial charge < -0.3 is 5.32 Å². The zero-order valence-electron chi connectivity index (χ0n) is 10.4. The van der Waals surface area contributed by atoms with E-state index in [9.17, 15) is 13.2 Å². The lowest BCUT2D eigenvalue weighted by Crippen LogP contribution is -2.25. The Kier molecular flexibility index (Phi) is 6.36. The number of hydrogen-bond donors (Lipinski definition) is 1. The number of hydrogen-bond acceptors (Lipinski definition) is 2. The van der Waals surface area contributed by atoms with Crippen LogP contribution in [-0.2, 0) is 0 Å². The molecule has 0 spiro atoms. The lowest BCUT2D eigenvalue weighted by molar-refractivity contribution is -0.136. The molecule has 0 fully saturated rings. The van der Waals surface area contributed by atoms with E-state index in [1.807, 2.05) is 6.92 Å². The van der Waals surface area contributed by atoms with Gasteiger partial charge in [0.05, 0.1) is 21.8 Å². The van der Waals surface area contributed by atoms with Crippen LogP contribution >= 0.6 is 23.2 Å². The largest absolute Gasteiger partial charge is 0.389 e. The summed E-state index contributed by atoms with van der Waals surface area (Å²) in [6.07, 6.45) is -2.97. The minimum absolute atomic E-state index is 0.0994. The predicted octanol–water partition coefficient (Wildman–Crippen LogP) is 4.77. The number of nitrogens with zero attached hydrogens (tertiary/aromatic N) is 1. The van der Waals surface area contributed by atoms with Gasteiger partial charge in [-0.1, -0.05) is 30.1 Å². The third-order valence-electron chi connectivity index (χ3n) is 2.52. The van der Waals surface area contributed by atoms with Gasteiger partial charge in [-0.25, -0.2) is 0 Å². The van der Waals surface area contributed by atoms with Crippen LogP contribution in [0.2, 0.25) is 10.0 Å². The van der Waals surface area contributed by atoms with E-state index in [4.69, 9.17) is 23.2 Å². The van der Waals surface area contributed by atoms with E-state index >= 15 is 0 Å². The molecule has 1 unspecified atom stereocenters. The highest BCUT2D eigenvalue weighted by Crippen LogP contribution is 2.30. The molecule has 1 atom stereocenters. The molecule has 19 heavy (non-hydrogen) atoms. The van der Waals surface area contributed by atoms with Crippen molar-refractivity contribution in [1.82, 2.24) is 10.3 Å². The summed E-state index contributed by atoms with van der Waals surface area (Å²) in [6.45, 7) is 2.54. The molecule has 108 valence electrons. The summed E-state index contributed by atoms with van der Waals surface area (Å²) in [5.41, 5.74) is 0.406. The highest BCUT2D eigenvalue weighted by atomic mass is 35.5. The second-order valence-corrected chi connectivity index (χ2v) is 5.02. The Morgan fingerprint density at radius 3 is 2.58 bits per heavy atom. The average molecular weight is 315 g/mol. The van der Waals surface area contributed by atoms with Crippen molar-refractivity contribution in [3.63, 3.8) is 0 Å². The molecule has 7 heteroatoms. The lowest BCUT2D eigenvalue weighted by atomic mass is 10.1. The Hall–Kier alpha value is -0.520. The highest BCUT2D eigenvalue weighted by molar-refractivity contribution is 6.34. The second kappa shape index (κ2) is 7.31. The third kappa shape index (κ3) is 5.97. The molecule has 1 aromatic rings. The molecule has 0 aliphatic rings. The van der Waals surface area contributed by atoms with Gasteiger partial charge in [0.2, 0.25) is 0 Å². The quantitative estimate of drug-likeness (QED) is 0.818. The fourth-order valence-electron chi connectivity index (χ4n) is 1.64. The number of nitrogens with one attached hydrogen (secondary N) is 1. The van der Waals surface area contributed by atoms with Crippen LogP contribution in [0.1, 0.15) is 37.9 Å². The van der Waals surface area contributed by atoms with E-state index in [0.717, 1.165) is 6.42 Å². The first-order valence-electron chi connectivity index (χ1n) is 5.94. The van der Waals surface area contributed by atoms with Crippen molar-refractivity contribution in [2.45, 2.75) is 38.4 Å². The van der Waals surface area contributed by atoms with Gasteiger partial charge in [0.15, 0.2) is 0 Å². The Labute approximate surface area is 120 Å². The van der Waals surface area contributed by atoms with Crippen molar-refractivity contribution in [2.24, 2.45) is 0 Å². The van der Waals surface area contributed by atoms with Crippen LogP contribution in [0.3, 0.4) is 0 Å². The van der Waals surface area contributed by atoms with Crippen molar-refractivity contribution >= 4 is 23.2 Å². The van der Waals surface area contributed by atoms with Crippen LogP contribution in [-0.4, -0.2) is 17.7 Å². The Balaban J connectivity index is 2.83. The molecular weight excluding hydrogens is 300 g/mol. The van der Waals surface area contributed by atoms with Gasteiger partial charge in [-0.2, -0.15) is 13.2 Å². The van der Waals surface area contributed by atoms with E-state index in [0.29, 0.717) is 17.3 Å². The molecule has 0 amide bonds. The number of rotatable bonds is 6. The fourth-order valence-corrected chi connectivity index (χ4v) is 2.16. The molecular formula is C12H15Cl2F3N2. The summed E-state index contributed by atoms with van der Waals surface area (Å²) in [5.74, 6) is 0. The van der Waals surface area contributed by atoms with Gasteiger partial charge in [0, 0.05) is 12.6 Å². The molecule has 0 aromatic carbocycles. The monoisotopic (exact) mass is 314 g/mol. The minimum Gasteiger partial charge on any atom is -0.309 e. The summed E-state index contributed by atoms with van der Waals surface area (Å²) in [7, 11) is 0. The van der Waals surface area contributed by atoms with Crippen molar-refractivity contribution in [1.29, 1.82) is 0 Å². The molecule has 1 aromatic heterocycles. The first-order chi connectivity index (χ1) is 8.83. The van der Waals surface area contributed by atoms with Gasteiger partial charge in [-0.15, -0.1) is 0 Å². The molecule has 1 N–H and O–H groups in total. The van der Waals surface area contributed by atoms with Crippen molar-refractivity contribution in [2.75, 3.05) is 6.54 Å². The van der Waals surface area contributed by atoms with Crippen molar-refractivity contribution < 1.29 is 13.2 Å². The topological polar surface area (TPSA) is 24.9 Å². The summed E-state index contributed by atoms with van der Waals surface area (Å²) >= 11 is 11.7. The molecule has 1 heterocycles. The van der Waals surface area contributed by atoms with Crippen LogP contribution in [0.15, 0.2) is 12.3 Å². The summed E-state index contributed by atoms with van der Waals surface area (Å²) in [4.78, 5) is 4.04. The third-order valence-corrected chi connectivity index (χ3v) is 3.03. The van der Waals surface area contributed by atoms with Gasteiger partial charge in [0.1, 0.15) is 0 Å². The van der Waals surface area contributed by atoms with Crippen LogP contribution in [0.25, 0.3) is 0 Å². The molecule has 0 radical (unpaired) electrons. The molecule has 1 rings (SSSR count). The number of pyridine rings is 1. The molecule has 0 aliphatic carbocycles. The maximum Gasteiger partial charge on any atom is 0.389 e. The first-order valence-corrected chi connectivity index (χ1v) is 6.70. The minimum atomic E-state index is -4.19. The summed E-state index contributed by atoms with van der Waals surface area (Å²) < 4.78 is 36.9. The maximum absolute atomic E-state index is 12.3. The zero-order chi connectivity index (χ0) is 14.5. The smallest absolute Gasteiger partial charge is 0.309 e. The van der Waals surface area contributed by atoms with E-state index < -0.39 is 18.6 Å². The lowest BCUT2D eigenvalue weighted by Gasteiger charge is -2.20. The Bertz CT molecular complexity index is 410. The normalized spacial score (nSPS) is 13.6. The molecule has 0 aliphatic heterocycles. The zero-order valence-corrected chi connectivity index (χ0v) is 11.9. The van der Waals surface area contributed by atoms with Gasteiger partial charge in [0.25, 0.3) is 0 Å².